The van der Waals surface area contributed by atoms with Gasteiger partial charge in [0.25, 0.3) is 0 Å². The van der Waals surface area contributed by atoms with Crippen LogP contribution in [0.2, 0.25) is 0 Å². The van der Waals surface area contributed by atoms with E-state index in [1.54, 1.807) is 12.1 Å². The number of hydrogen-bond acceptors (Lipinski definition) is 4. The fraction of sp³-hybridized carbons (Fsp3) is 0.600. The molecule has 1 unspecified atom stereocenters. The first kappa shape index (κ1) is 18.4. The summed E-state index contributed by atoms with van der Waals surface area (Å²) in [5.41, 5.74) is 0.667. The first-order chi connectivity index (χ1) is 11.6. The summed E-state index contributed by atoms with van der Waals surface area (Å²) in [6.45, 7) is 1.20. The van der Waals surface area contributed by atoms with Gasteiger partial charge in [-0.3, -0.25) is 4.55 Å². The van der Waals surface area contributed by atoms with Crippen LogP contribution in [0, 0.1) is 5.41 Å². The average molecular weight is 380 g/mol. The fourth-order valence-electron chi connectivity index (χ4n) is 3.86. The lowest BCUT2D eigenvalue weighted by Gasteiger charge is -2.41. The van der Waals surface area contributed by atoms with Gasteiger partial charge in [0.15, 0.2) is 0 Å². The minimum atomic E-state index is -4.73. The Morgan fingerprint density at radius 2 is 1.76 bits per heavy atom. The maximum atomic E-state index is 12.3. The molecule has 1 atom stereocenters. The zero-order valence-electron chi connectivity index (χ0n) is 13.3. The maximum Gasteiger partial charge on any atom is 0.573 e. The molecule has 140 valence electrons. The molecule has 10 heteroatoms. The third-order valence-corrected chi connectivity index (χ3v) is 6.09. The minimum absolute atomic E-state index is 0.0732. The normalized spacial score (nSPS) is 24.6. The molecule has 2 heterocycles. The second-order valence-electron chi connectivity index (χ2n) is 6.49. The SMILES string of the molecule is O=S(=O)(O)N1CCC2(CCNC2c2ccc(OC(F)(F)F)cc2)CC1. The Bertz CT molecular complexity index is 713. The van der Waals surface area contributed by atoms with Crippen LogP contribution in [-0.4, -0.2) is 43.3 Å². The molecule has 3 rings (SSSR count). The molecule has 2 aliphatic heterocycles. The first-order valence-electron chi connectivity index (χ1n) is 7.91. The average Bonchev–Trinajstić information content (AvgIpc) is 2.89. The summed E-state index contributed by atoms with van der Waals surface area (Å²) in [4.78, 5) is 0. The van der Waals surface area contributed by atoms with Gasteiger partial charge >= 0.3 is 16.7 Å². The van der Waals surface area contributed by atoms with Crippen molar-refractivity contribution < 1.29 is 30.9 Å². The Balaban J connectivity index is 1.74. The molecular formula is C15H19F3N2O4S. The summed E-state index contributed by atoms with van der Waals surface area (Å²) >= 11 is 0. The van der Waals surface area contributed by atoms with Crippen LogP contribution in [0.1, 0.15) is 30.9 Å². The number of halogens is 3. The van der Waals surface area contributed by atoms with Crippen molar-refractivity contribution in [3.05, 3.63) is 29.8 Å². The molecule has 1 aromatic rings. The van der Waals surface area contributed by atoms with Crippen molar-refractivity contribution in [1.29, 1.82) is 0 Å². The van der Waals surface area contributed by atoms with Crippen molar-refractivity contribution in [2.75, 3.05) is 19.6 Å². The number of ether oxygens (including phenoxy) is 1. The number of rotatable bonds is 3. The van der Waals surface area contributed by atoms with Crippen molar-refractivity contribution in [3.63, 3.8) is 0 Å². The topological polar surface area (TPSA) is 78.9 Å². The van der Waals surface area contributed by atoms with Gasteiger partial charge in [-0.05, 0) is 48.9 Å². The molecule has 0 saturated carbocycles. The second-order valence-corrected chi connectivity index (χ2v) is 7.91. The third kappa shape index (κ3) is 4.08. The fourth-order valence-corrected chi connectivity index (χ4v) is 4.50. The molecule has 2 N–H and O–H groups in total. The second kappa shape index (κ2) is 6.42. The molecule has 2 aliphatic rings. The molecule has 2 saturated heterocycles. The molecule has 2 fully saturated rings. The van der Waals surface area contributed by atoms with Crippen molar-refractivity contribution >= 4 is 10.3 Å². The summed E-state index contributed by atoms with van der Waals surface area (Å²) in [5.74, 6) is -0.274. The van der Waals surface area contributed by atoms with E-state index >= 15 is 0 Å². The lowest BCUT2D eigenvalue weighted by molar-refractivity contribution is -0.274. The molecular weight excluding hydrogens is 361 g/mol. The Hall–Kier alpha value is -1.36. The van der Waals surface area contributed by atoms with E-state index in [1.807, 2.05) is 0 Å². The van der Waals surface area contributed by atoms with Crippen LogP contribution in [0.3, 0.4) is 0 Å². The highest BCUT2D eigenvalue weighted by Gasteiger charge is 2.46. The van der Waals surface area contributed by atoms with Crippen LogP contribution in [0.25, 0.3) is 0 Å². The van der Waals surface area contributed by atoms with Gasteiger partial charge in [-0.15, -0.1) is 13.2 Å². The Kier molecular flexibility index (Phi) is 4.73. The highest BCUT2D eigenvalue weighted by Crippen LogP contribution is 2.49. The molecule has 1 aromatic carbocycles. The Morgan fingerprint density at radius 1 is 1.16 bits per heavy atom. The van der Waals surface area contributed by atoms with Gasteiger partial charge in [0.2, 0.25) is 0 Å². The van der Waals surface area contributed by atoms with E-state index in [0.29, 0.717) is 12.8 Å². The van der Waals surface area contributed by atoms with Crippen molar-refractivity contribution in [2.45, 2.75) is 31.7 Å². The van der Waals surface area contributed by atoms with Gasteiger partial charge < -0.3 is 10.1 Å². The van der Waals surface area contributed by atoms with Crippen molar-refractivity contribution in [3.8, 4) is 5.75 Å². The van der Waals surface area contributed by atoms with E-state index < -0.39 is 16.7 Å². The molecule has 0 bridgehead atoms. The smallest absolute Gasteiger partial charge is 0.406 e. The number of piperidine rings is 1. The molecule has 0 aliphatic carbocycles. The van der Waals surface area contributed by atoms with Gasteiger partial charge in [0, 0.05) is 19.1 Å². The summed E-state index contributed by atoms with van der Waals surface area (Å²) in [7, 11) is -4.19. The van der Waals surface area contributed by atoms with Gasteiger partial charge in [0.05, 0.1) is 0 Å². The Labute approximate surface area is 143 Å². The van der Waals surface area contributed by atoms with E-state index in [0.717, 1.165) is 22.8 Å². The molecule has 0 amide bonds. The van der Waals surface area contributed by atoms with Gasteiger partial charge in [-0.2, -0.15) is 12.7 Å². The number of alkyl halides is 3. The standard InChI is InChI=1S/C15H19F3N2O4S/c16-15(17,18)24-12-3-1-11(2-4-12)13-14(5-8-19-13)6-9-20(10-7-14)25(21,22)23/h1-4,13,19H,5-10H2,(H,21,22,23). The molecule has 0 radical (unpaired) electrons. The largest absolute Gasteiger partial charge is 0.573 e. The van der Waals surface area contributed by atoms with Crippen LogP contribution in [-0.2, 0) is 10.3 Å². The van der Waals surface area contributed by atoms with E-state index in [4.69, 9.17) is 4.55 Å². The quantitative estimate of drug-likeness (QED) is 0.788. The van der Waals surface area contributed by atoms with Gasteiger partial charge in [-0.1, -0.05) is 12.1 Å². The molecule has 1 spiro atoms. The Morgan fingerprint density at radius 3 is 2.28 bits per heavy atom. The van der Waals surface area contributed by atoms with Crippen LogP contribution in [0.15, 0.2) is 24.3 Å². The lowest BCUT2D eigenvalue weighted by Crippen LogP contribution is -2.44. The van der Waals surface area contributed by atoms with Gasteiger partial charge in [0.1, 0.15) is 5.75 Å². The van der Waals surface area contributed by atoms with Gasteiger partial charge in [-0.25, -0.2) is 0 Å². The molecule has 0 aromatic heterocycles. The third-order valence-electron chi connectivity index (χ3n) is 5.08. The molecule has 6 nitrogen and oxygen atoms in total. The van der Waals surface area contributed by atoms with Crippen LogP contribution in [0.4, 0.5) is 13.2 Å². The highest BCUT2D eigenvalue weighted by atomic mass is 32.2. The van der Waals surface area contributed by atoms with Crippen LogP contribution < -0.4 is 10.1 Å². The van der Waals surface area contributed by atoms with Crippen molar-refractivity contribution in [2.24, 2.45) is 5.41 Å². The van der Waals surface area contributed by atoms with E-state index in [2.05, 4.69) is 10.1 Å². The molecule has 25 heavy (non-hydrogen) atoms. The van der Waals surface area contributed by atoms with Crippen LogP contribution >= 0.6 is 0 Å². The summed E-state index contributed by atoms with van der Waals surface area (Å²) in [6.07, 6.45) is -2.73. The monoisotopic (exact) mass is 380 g/mol. The summed E-state index contributed by atoms with van der Waals surface area (Å²) in [5, 5.41) is 3.36. The van der Waals surface area contributed by atoms with Crippen LogP contribution in [0.5, 0.6) is 5.75 Å². The maximum absolute atomic E-state index is 12.3. The van der Waals surface area contributed by atoms with Crippen molar-refractivity contribution in [1.82, 2.24) is 9.62 Å². The predicted molar refractivity (Wildman–Crippen MR) is 83.3 cm³/mol. The van der Waals surface area contributed by atoms with E-state index in [-0.39, 0.29) is 30.3 Å². The number of benzene rings is 1. The minimum Gasteiger partial charge on any atom is -0.406 e. The zero-order chi connectivity index (χ0) is 18.3. The highest BCUT2D eigenvalue weighted by molar-refractivity contribution is 7.83. The predicted octanol–water partition coefficient (Wildman–Crippen LogP) is 2.50. The lowest BCUT2D eigenvalue weighted by atomic mass is 9.71. The summed E-state index contributed by atoms with van der Waals surface area (Å²) < 4.78 is 73.4. The van der Waals surface area contributed by atoms with E-state index in [1.165, 1.54) is 12.1 Å². The number of hydrogen-bond donors (Lipinski definition) is 2. The number of nitrogens with one attached hydrogen (secondary N) is 1. The number of nitrogens with zero attached hydrogens (tertiary/aromatic N) is 1. The summed E-state index contributed by atoms with van der Waals surface area (Å²) in [6, 6.07) is 5.69. The first-order valence-corrected chi connectivity index (χ1v) is 9.30. The zero-order valence-corrected chi connectivity index (χ0v) is 14.1. The van der Waals surface area contributed by atoms with E-state index in [9.17, 15) is 21.6 Å².